The van der Waals surface area contributed by atoms with Crippen LogP contribution < -0.4 is 5.32 Å². The van der Waals surface area contributed by atoms with Crippen molar-refractivity contribution >= 4 is 6.03 Å². The van der Waals surface area contributed by atoms with E-state index in [-0.39, 0.29) is 18.5 Å². The molecular formula is C17H23FN2O3. The van der Waals surface area contributed by atoms with Gasteiger partial charge in [0, 0.05) is 25.6 Å². The van der Waals surface area contributed by atoms with Crippen molar-refractivity contribution < 1.29 is 19.4 Å². The maximum Gasteiger partial charge on any atom is 0.317 e. The molecular weight excluding hydrogens is 299 g/mol. The lowest BCUT2D eigenvalue weighted by Crippen LogP contribution is -2.56. The molecule has 3 N–H and O–H groups in total. The fraction of sp³-hybridized carbons (Fsp3) is 0.588. The Morgan fingerprint density at radius 2 is 2.22 bits per heavy atom. The number of rotatable bonds is 2. The van der Waals surface area contributed by atoms with Crippen LogP contribution in [0.3, 0.4) is 0 Å². The molecule has 3 rings (SSSR count). The van der Waals surface area contributed by atoms with Crippen LogP contribution in [0.1, 0.15) is 37.7 Å². The summed E-state index contributed by atoms with van der Waals surface area (Å²) in [5.41, 5.74) is -0.00500. The molecule has 2 unspecified atom stereocenters. The topological polar surface area (TPSA) is 72.8 Å². The van der Waals surface area contributed by atoms with Gasteiger partial charge >= 0.3 is 6.03 Å². The van der Waals surface area contributed by atoms with Gasteiger partial charge in [-0.15, -0.1) is 0 Å². The molecule has 5 nitrogen and oxygen atoms in total. The van der Waals surface area contributed by atoms with Gasteiger partial charge in [-0.05, 0) is 37.0 Å². The van der Waals surface area contributed by atoms with Gasteiger partial charge in [-0.25, -0.2) is 9.18 Å². The number of benzene rings is 1. The predicted molar refractivity (Wildman–Crippen MR) is 83.4 cm³/mol. The minimum absolute atomic E-state index is 0.155. The average molecular weight is 322 g/mol. The van der Waals surface area contributed by atoms with E-state index in [2.05, 4.69) is 5.32 Å². The fourth-order valence-electron chi connectivity index (χ4n) is 3.71. The molecule has 1 aromatic carbocycles. The van der Waals surface area contributed by atoms with Crippen molar-refractivity contribution in [2.45, 2.75) is 44.2 Å². The largest absolute Gasteiger partial charge is 0.505 e. The van der Waals surface area contributed by atoms with Gasteiger partial charge < -0.3 is 20.4 Å². The van der Waals surface area contributed by atoms with Crippen molar-refractivity contribution in [2.75, 3.05) is 13.1 Å². The number of aliphatic hydroxyl groups is 1. The van der Waals surface area contributed by atoms with Crippen LogP contribution in [-0.2, 0) is 6.54 Å². The van der Waals surface area contributed by atoms with Crippen LogP contribution in [0.15, 0.2) is 18.2 Å². The first-order valence-electron chi connectivity index (χ1n) is 8.20. The van der Waals surface area contributed by atoms with Gasteiger partial charge in [0.1, 0.15) is 0 Å². The molecule has 0 radical (unpaired) electrons. The van der Waals surface area contributed by atoms with Gasteiger partial charge in [-0.3, -0.25) is 0 Å². The number of piperidine rings is 1. The number of phenolic OH excluding ortho intramolecular Hbond substituents is 1. The third-order valence-corrected chi connectivity index (χ3v) is 5.17. The number of urea groups is 1. The predicted octanol–water partition coefficient (Wildman–Crippen LogP) is 2.37. The minimum atomic E-state index is -0.693. The second-order valence-corrected chi connectivity index (χ2v) is 6.69. The van der Waals surface area contributed by atoms with E-state index in [0.29, 0.717) is 25.1 Å². The van der Waals surface area contributed by atoms with E-state index in [1.165, 1.54) is 12.1 Å². The molecule has 23 heavy (non-hydrogen) atoms. The SMILES string of the molecule is O=C(NCc1ccc(O)c(F)c1)N1CCC2(O)CCCCC2C1. The maximum absolute atomic E-state index is 13.3. The number of carbonyl (C=O) groups is 1. The molecule has 1 aliphatic carbocycles. The van der Waals surface area contributed by atoms with E-state index in [1.54, 1.807) is 11.0 Å². The van der Waals surface area contributed by atoms with Gasteiger partial charge in [-0.1, -0.05) is 18.9 Å². The number of nitrogens with zero attached hydrogens (tertiary/aromatic N) is 1. The Morgan fingerprint density at radius 3 is 3.00 bits per heavy atom. The van der Waals surface area contributed by atoms with E-state index < -0.39 is 17.2 Å². The Hall–Kier alpha value is -1.82. The summed E-state index contributed by atoms with van der Waals surface area (Å²) in [5.74, 6) is -0.934. The summed E-state index contributed by atoms with van der Waals surface area (Å²) in [5, 5.41) is 22.6. The lowest BCUT2D eigenvalue weighted by molar-refractivity contribution is -0.0870. The number of amides is 2. The molecule has 1 aromatic rings. The van der Waals surface area contributed by atoms with Crippen molar-refractivity contribution in [1.82, 2.24) is 10.2 Å². The highest BCUT2D eigenvalue weighted by atomic mass is 19.1. The van der Waals surface area contributed by atoms with Gasteiger partial charge in [0.15, 0.2) is 11.6 Å². The van der Waals surface area contributed by atoms with Crippen LogP contribution in [-0.4, -0.2) is 39.8 Å². The molecule has 0 bridgehead atoms. The van der Waals surface area contributed by atoms with Gasteiger partial charge in [-0.2, -0.15) is 0 Å². The standard InChI is InChI=1S/C17H23FN2O3/c18-14-9-12(4-5-15(14)21)10-19-16(22)20-8-7-17(23)6-2-1-3-13(17)11-20/h4-5,9,13,21,23H,1-3,6-8,10-11H2,(H,19,22). The van der Waals surface area contributed by atoms with Crippen molar-refractivity contribution in [1.29, 1.82) is 0 Å². The van der Waals surface area contributed by atoms with Gasteiger partial charge in [0.2, 0.25) is 0 Å². The summed E-state index contributed by atoms with van der Waals surface area (Å²) >= 11 is 0. The number of aromatic hydroxyl groups is 1. The highest BCUT2D eigenvalue weighted by Crippen LogP contribution is 2.39. The molecule has 2 atom stereocenters. The Labute approximate surface area is 135 Å². The first-order valence-corrected chi connectivity index (χ1v) is 8.20. The van der Waals surface area contributed by atoms with Crippen molar-refractivity contribution in [2.24, 2.45) is 5.92 Å². The first kappa shape index (κ1) is 16.1. The van der Waals surface area contributed by atoms with Crippen LogP contribution in [0.2, 0.25) is 0 Å². The molecule has 1 saturated heterocycles. The number of carbonyl (C=O) groups excluding carboxylic acids is 1. The molecule has 2 fully saturated rings. The van der Waals surface area contributed by atoms with E-state index in [1.807, 2.05) is 0 Å². The Balaban J connectivity index is 1.55. The smallest absolute Gasteiger partial charge is 0.317 e. The number of phenols is 1. The number of fused-ring (bicyclic) bond motifs is 1. The molecule has 1 heterocycles. The second-order valence-electron chi connectivity index (χ2n) is 6.69. The minimum Gasteiger partial charge on any atom is -0.505 e. The normalized spacial score (nSPS) is 27.4. The molecule has 0 spiro atoms. The zero-order valence-corrected chi connectivity index (χ0v) is 13.1. The zero-order valence-electron chi connectivity index (χ0n) is 13.1. The van der Waals surface area contributed by atoms with Crippen LogP contribution in [0, 0.1) is 11.7 Å². The highest BCUT2D eigenvalue weighted by molar-refractivity contribution is 5.74. The quantitative estimate of drug-likeness (QED) is 0.783. The summed E-state index contributed by atoms with van der Waals surface area (Å²) in [4.78, 5) is 14.0. The number of nitrogens with one attached hydrogen (secondary N) is 1. The summed E-state index contributed by atoms with van der Waals surface area (Å²) in [6.07, 6.45) is 4.59. The molecule has 1 saturated carbocycles. The molecule has 0 aromatic heterocycles. The Morgan fingerprint density at radius 1 is 1.39 bits per heavy atom. The molecule has 2 amide bonds. The number of hydrogen-bond donors (Lipinski definition) is 3. The van der Waals surface area contributed by atoms with E-state index in [0.717, 1.165) is 25.7 Å². The number of likely N-dealkylation sites (tertiary alicyclic amines) is 1. The second kappa shape index (κ2) is 6.35. The molecule has 1 aliphatic heterocycles. The van der Waals surface area contributed by atoms with Crippen LogP contribution in [0.25, 0.3) is 0 Å². The molecule has 2 aliphatic rings. The van der Waals surface area contributed by atoms with Crippen molar-refractivity contribution in [3.63, 3.8) is 0 Å². The lowest BCUT2D eigenvalue weighted by atomic mass is 9.71. The summed E-state index contributed by atoms with van der Waals surface area (Å²) in [7, 11) is 0. The van der Waals surface area contributed by atoms with Crippen LogP contribution in [0.4, 0.5) is 9.18 Å². The van der Waals surface area contributed by atoms with E-state index in [9.17, 15) is 14.3 Å². The van der Waals surface area contributed by atoms with Crippen molar-refractivity contribution in [3.05, 3.63) is 29.6 Å². The zero-order chi connectivity index (χ0) is 16.4. The third kappa shape index (κ3) is 3.42. The first-order chi connectivity index (χ1) is 11.0. The van der Waals surface area contributed by atoms with Gasteiger partial charge in [0.05, 0.1) is 5.60 Å². The number of halogens is 1. The third-order valence-electron chi connectivity index (χ3n) is 5.17. The Bertz CT molecular complexity index is 595. The van der Waals surface area contributed by atoms with Crippen LogP contribution in [0.5, 0.6) is 5.75 Å². The van der Waals surface area contributed by atoms with E-state index in [4.69, 9.17) is 5.11 Å². The van der Waals surface area contributed by atoms with Crippen LogP contribution >= 0.6 is 0 Å². The van der Waals surface area contributed by atoms with E-state index >= 15 is 0 Å². The molecule has 6 heteroatoms. The highest BCUT2D eigenvalue weighted by Gasteiger charge is 2.43. The summed E-state index contributed by atoms with van der Waals surface area (Å²) in [6.45, 7) is 1.33. The summed E-state index contributed by atoms with van der Waals surface area (Å²) < 4.78 is 13.3. The molecule has 126 valence electrons. The lowest BCUT2D eigenvalue weighted by Gasteiger charge is -2.47. The van der Waals surface area contributed by atoms with Crippen molar-refractivity contribution in [3.8, 4) is 5.75 Å². The van der Waals surface area contributed by atoms with Gasteiger partial charge in [0.25, 0.3) is 0 Å². The Kier molecular flexibility index (Phi) is 4.43. The number of hydrogen-bond acceptors (Lipinski definition) is 3. The fourth-order valence-corrected chi connectivity index (χ4v) is 3.71. The monoisotopic (exact) mass is 322 g/mol. The summed E-state index contributed by atoms with van der Waals surface area (Å²) in [6, 6.07) is 3.88. The maximum atomic E-state index is 13.3. The average Bonchev–Trinajstić information content (AvgIpc) is 2.54.